The number of anilines is 2. The van der Waals surface area contributed by atoms with Gasteiger partial charge >= 0.3 is 0 Å². The minimum atomic E-state index is -0.580. The van der Waals surface area contributed by atoms with Crippen molar-refractivity contribution in [2.45, 2.75) is 0 Å². The van der Waals surface area contributed by atoms with Gasteiger partial charge in [-0.3, -0.25) is 20.2 Å². The molecule has 8 nitrogen and oxygen atoms in total. The summed E-state index contributed by atoms with van der Waals surface area (Å²) in [7, 11) is 0. The SMILES string of the molecule is Nc1cc(-c2ccc([N+](=O)[O-])c(N)c2)ccc1[N+](=O)[O-]. The summed E-state index contributed by atoms with van der Waals surface area (Å²) in [5, 5.41) is 21.3. The van der Waals surface area contributed by atoms with E-state index in [1.54, 1.807) is 0 Å². The van der Waals surface area contributed by atoms with Crippen molar-refractivity contribution in [2.24, 2.45) is 0 Å². The van der Waals surface area contributed by atoms with Crippen LogP contribution in [0.1, 0.15) is 0 Å². The average Bonchev–Trinajstić information content (AvgIpc) is 2.37. The number of nitrogens with two attached hydrogens (primary N) is 2. The summed E-state index contributed by atoms with van der Waals surface area (Å²) >= 11 is 0. The Hall–Kier alpha value is -3.16. The van der Waals surface area contributed by atoms with Crippen LogP contribution in [0.4, 0.5) is 22.7 Å². The second-order valence-electron chi connectivity index (χ2n) is 4.06. The Morgan fingerprint density at radius 2 is 1.10 bits per heavy atom. The Bertz CT molecular complexity index is 653. The van der Waals surface area contributed by atoms with Gasteiger partial charge in [0.25, 0.3) is 11.4 Å². The highest BCUT2D eigenvalue weighted by molar-refractivity contribution is 5.76. The van der Waals surface area contributed by atoms with Crippen LogP contribution in [0.2, 0.25) is 0 Å². The third kappa shape index (κ3) is 2.34. The number of benzene rings is 2. The van der Waals surface area contributed by atoms with Crippen molar-refractivity contribution in [3.05, 3.63) is 56.6 Å². The molecule has 0 fully saturated rings. The molecule has 0 heterocycles. The van der Waals surface area contributed by atoms with E-state index >= 15 is 0 Å². The first-order chi connectivity index (χ1) is 9.40. The second-order valence-corrected chi connectivity index (χ2v) is 4.06. The molecule has 0 bridgehead atoms. The van der Waals surface area contributed by atoms with Crippen LogP contribution in [0, 0.1) is 20.2 Å². The fourth-order valence-corrected chi connectivity index (χ4v) is 1.80. The van der Waals surface area contributed by atoms with E-state index in [0.717, 1.165) is 0 Å². The minimum Gasteiger partial charge on any atom is -0.393 e. The van der Waals surface area contributed by atoms with Crippen molar-refractivity contribution < 1.29 is 9.85 Å². The Balaban J connectivity index is 2.47. The predicted octanol–water partition coefficient (Wildman–Crippen LogP) is 2.33. The summed E-state index contributed by atoms with van der Waals surface area (Å²) < 4.78 is 0. The quantitative estimate of drug-likeness (QED) is 0.500. The van der Waals surface area contributed by atoms with Crippen LogP contribution in [0.15, 0.2) is 36.4 Å². The molecular weight excluding hydrogens is 264 g/mol. The Kier molecular flexibility index (Phi) is 3.21. The Labute approximate surface area is 112 Å². The van der Waals surface area contributed by atoms with E-state index in [4.69, 9.17) is 11.5 Å². The van der Waals surface area contributed by atoms with Gasteiger partial charge in [-0.15, -0.1) is 0 Å². The Morgan fingerprint density at radius 3 is 1.35 bits per heavy atom. The maximum atomic E-state index is 10.7. The summed E-state index contributed by atoms with van der Waals surface area (Å²) in [6.45, 7) is 0. The first kappa shape index (κ1) is 13.3. The van der Waals surface area contributed by atoms with Crippen LogP contribution in [0.25, 0.3) is 11.1 Å². The molecule has 0 spiro atoms. The highest BCUT2D eigenvalue weighted by atomic mass is 16.6. The zero-order valence-electron chi connectivity index (χ0n) is 10.1. The highest BCUT2D eigenvalue weighted by Gasteiger charge is 2.14. The van der Waals surface area contributed by atoms with Gasteiger partial charge in [0.05, 0.1) is 9.85 Å². The molecule has 0 amide bonds. The molecule has 20 heavy (non-hydrogen) atoms. The molecule has 2 aromatic carbocycles. The number of nitrogens with zero attached hydrogens (tertiary/aromatic N) is 2. The van der Waals surface area contributed by atoms with Crippen molar-refractivity contribution in [3.63, 3.8) is 0 Å². The fraction of sp³-hybridized carbons (Fsp3) is 0. The van der Waals surface area contributed by atoms with E-state index in [2.05, 4.69) is 0 Å². The van der Waals surface area contributed by atoms with Crippen LogP contribution in [0.3, 0.4) is 0 Å². The largest absolute Gasteiger partial charge is 0.393 e. The number of hydrogen-bond acceptors (Lipinski definition) is 6. The molecule has 0 saturated carbocycles. The molecule has 0 unspecified atom stereocenters. The van der Waals surface area contributed by atoms with E-state index in [1.165, 1.54) is 36.4 Å². The molecular formula is C12H10N4O4. The molecule has 0 aliphatic carbocycles. The molecule has 102 valence electrons. The van der Waals surface area contributed by atoms with Crippen LogP contribution in [0.5, 0.6) is 0 Å². The summed E-state index contributed by atoms with van der Waals surface area (Å²) in [5.41, 5.74) is 12.0. The second kappa shape index (κ2) is 4.84. The number of nitrogen functional groups attached to an aromatic ring is 2. The van der Waals surface area contributed by atoms with E-state index in [9.17, 15) is 20.2 Å². The molecule has 0 aromatic heterocycles. The van der Waals surface area contributed by atoms with Gasteiger partial charge in [0.1, 0.15) is 11.4 Å². The van der Waals surface area contributed by atoms with Gasteiger partial charge in [-0.25, -0.2) is 0 Å². The molecule has 2 aromatic rings. The number of hydrogen-bond donors (Lipinski definition) is 2. The standard InChI is InChI=1S/C12H10N4O4/c13-9-5-7(1-3-11(9)15(17)18)8-2-4-12(16(19)20)10(14)6-8/h1-6H,13-14H2. The summed E-state index contributed by atoms with van der Waals surface area (Å²) in [4.78, 5) is 20.2. The lowest BCUT2D eigenvalue weighted by atomic mass is 10.0. The fourth-order valence-electron chi connectivity index (χ4n) is 1.80. The smallest absolute Gasteiger partial charge is 0.292 e. The van der Waals surface area contributed by atoms with Crippen molar-refractivity contribution in [3.8, 4) is 11.1 Å². The van der Waals surface area contributed by atoms with E-state index in [1.807, 2.05) is 0 Å². The van der Waals surface area contributed by atoms with Gasteiger partial charge in [0.15, 0.2) is 0 Å². The molecule has 2 rings (SSSR count). The van der Waals surface area contributed by atoms with Crippen LogP contribution in [-0.2, 0) is 0 Å². The zero-order chi connectivity index (χ0) is 14.9. The van der Waals surface area contributed by atoms with Crippen molar-refractivity contribution in [2.75, 3.05) is 11.5 Å². The lowest BCUT2D eigenvalue weighted by Crippen LogP contribution is -1.97. The van der Waals surface area contributed by atoms with E-state index in [-0.39, 0.29) is 22.7 Å². The number of rotatable bonds is 3. The first-order valence-corrected chi connectivity index (χ1v) is 5.48. The lowest BCUT2D eigenvalue weighted by Gasteiger charge is -2.05. The van der Waals surface area contributed by atoms with Crippen LogP contribution < -0.4 is 11.5 Å². The van der Waals surface area contributed by atoms with E-state index in [0.29, 0.717) is 11.1 Å². The summed E-state index contributed by atoms with van der Waals surface area (Å²) in [6.07, 6.45) is 0. The molecule has 0 aliphatic rings. The van der Waals surface area contributed by atoms with Crippen molar-refractivity contribution >= 4 is 22.7 Å². The summed E-state index contributed by atoms with van der Waals surface area (Å²) in [6, 6.07) is 8.44. The summed E-state index contributed by atoms with van der Waals surface area (Å²) in [5.74, 6) is 0. The van der Waals surface area contributed by atoms with Gasteiger partial charge in [-0.1, -0.05) is 0 Å². The average molecular weight is 274 g/mol. The van der Waals surface area contributed by atoms with Crippen molar-refractivity contribution in [1.82, 2.24) is 0 Å². The number of nitro benzene ring substituents is 2. The third-order valence-electron chi connectivity index (χ3n) is 2.78. The topological polar surface area (TPSA) is 138 Å². The Morgan fingerprint density at radius 1 is 0.750 bits per heavy atom. The molecule has 0 radical (unpaired) electrons. The lowest BCUT2D eigenvalue weighted by molar-refractivity contribution is -0.384. The highest BCUT2D eigenvalue weighted by Crippen LogP contribution is 2.31. The zero-order valence-corrected chi connectivity index (χ0v) is 10.1. The normalized spacial score (nSPS) is 10.2. The monoisotopic (exact) mass is 274 g/mol. The molecule has 0 atom stereocenters. The molecule has 8 heteroatoms. The van der Waals surface area contributed by atoms with Crippen molar-refractivity contribution in [1.29, 1.82) is 0 Å². The van der Waals surface area contributed by atoms with Gasteiger partial charge in [0, 0.05) is 12.1 Å². The minimum absolute atomic E-state index is 0.0180. The molecule has 0 aliphatic heterocycles. The van der Waals surface area contributed by atoms with Gasteiger partial charge in [-0.05, 0) is 35.4 Å². The predicted molar refractivity (Wildman–Crippen MR) is 74.0 cm³/mol. The third-order valence-corrected chi connectivity index (χ3v) is 2.78. The van der Waals surface area contributed by atoms with Gasteiger partial charge < -0.3 is 11.5 Å². The van der Waals surface area contributed by atoms with Crippen LogP contribution >= 0.6 is 0 Å². The number of nitro groups is 2. The maximum Gasteiger partial charge on any atom is 0.292 e. The maximum absolute atomic E-state index is 10.7. The molecule has 4 N–H and O–H groups in total. The van der Waals surface area contributed by atoms with Gasteiger partial charge in [-0.2, -0.15) is 0 Å². The van der Waals surface area contributed by atoms with E-state index < -0.39 is 9.85 Å². The molecule has 0 saturated heterocycles. The van der Waals surface area contributed by atoms with Gasteiger partial charge in [0.2, 0.25) is 0 Å². The first-order valence-electron chi connectivity index (χ1n) is 5.48. The van der Waals surface area contributed by atoms with Crippen LogP contribution in [-0.4, -0.2) is 9.85 Å².